The molecule has 0 aromatic carbocycles. The second-order valence-electron chi connectivity index (χ2n) is 7.37. The van der Waals surface area contributed by atoms with Gasteiger partial charge < -0.3 is 19.5 Å². The summed E-state index contributed by atoms with van der Waals surface area (Å²) < 4.78 is 5.45. The minimum Gasteiger partial charge on any atom is -0.383 e. The highest BCUT2D eigenvalue weighted by Crippen LogP contribution is 2.44. The van der Waals surface area contributed by atoms with Crippen LogP contribution in [0.2, 0.25) is 0 Å². The summed E-state index contributed by atoms with van der Waals surface area (Å²) in [4.78, 5) is 28.7. The molecular formula is C19H25N5O2. The molecule has 2 aromatic heterocycles. The largest absolute Gasteiger partial charge is 0.383 e. The predicted octanol–water partition coefficient (Wildman–Crippen LogP) is 1.95. The van der Waals surface area contributed by atoms with Crippen molar-refractivity contribution in [3.8, 4) is 0 Å². The van der Waals surface area contributed by atoms with E-state index in [2.05, 4.69) is 19.9 Å². The number of carbonyl (C=O) groups excluding carboxylic acids is 1. The number of aromatic nitrogens is 3. The van der Waals surface area contributed by atoms with E-state index in [0.29, 0.717) is 12.3 Å². The first-order valence-electron chi connectivity index (χ1n) is 9.16. The Kier molecular flexibility index (Phi) is 4.63. The van der Waals surface area contributed by atoms with E-state index in [9.17, 15) is 4.79 Å². The van der Waals surface area contributed by atoms with Crippen LogP contribution in [0.5, 0.6) is 0 Å². The zero-order valence-electron chi connectivity index (χ0n) is 15.1. The Labute approximate surface area is 153 Å². The predicted molar refractivity (Wildman–Crippen MR) is 98.0 cm³/mol. The van der Waals surface area contributed by atoms with Crippen LogP contribution in [0.15, 0.2) is 36.8 Å². The van der Waals surface area contributed by atoms with Gasteiger partial charge in [-0.3, -0.25) is 4.79 Å². The van der Waals surface area contributed by atoms with Crippen molar-refractivity contribution >= 4 is 11.9 Å². The van der Waals surface area contributed by atoms with E-state index >= 15 is 0 Å². The number of rotatable bonds is 4. The monoisotopic (exact) mass is 355 g/mol. The Hall–Kier alpha value is -2.41. The van der Waals surface area contributed by atoms with Gasteiger partial charge in [0.15, 0.2) is 0 Å². The number of likely N-dealkylation sites (tertiary alicyclic amines) is 1. The Morgan fingerprint density at radius 1 is 1.31 bits per heavy atom. The normalized spacial score (nSPS) is 22.1. The maximum atomic E-state index is 12.6. The van der Waals surface area contributed by atoms with Gasteiger partial charge in [-0.1, -0.05) is 0 Å². The molecule has 1 amide bonds. The zero-order chi connectivity index (χ0) is 18.0. The maximum absolute atomic E-state index is 12.6. The van der Waals surface area contributed by atoms with Crippen LogP contribution < -0.4 is 4.90 Å². The van der Waals surface area contributed by atoms with Crippen LogP contribution in [0, 0.1) is 5.41 Å². The number of hydrogen-bond donors (Lipinski definition) is 1. The van der Waals surface area contributed by atoms with Crippen LogP contribution in [0.25, 0.3) is 0 Å². The summed E-state index contributed by atoms with van der Waals surface area (Å²) in [6, 6.07) is 5.83. The molecule has 7 heteroatoms. The average Bonchev–Trinajstić information content (AvgIpc) is 3.32. The highest BCUT2D eigenvalue weighted by Gasteiger charge is 2.46. The van der Waals surface area contributed by atoms with Crippen molar-refractivity contribution in [3.05, 3.63) is 42.5 Å². The van der Waals surface area contributed by atoms with Gasteiger partial charge in [-0.2, -0.15) is 0 Å². The molecule has 2 fully saturated rings. The molecule has 0 unspecified atom stereocenters. The standard InChI is InChI=1S/C19H25N5O2/c1-26-13-15-12-19(14-24(15)18-21-8-3-9-22-18)5-10-23(11-6-19)17(25)16-4-2-7-20-16/h2-4,7-9,15,20H,5-6,10-14H2,1H3/t15-/m0/s1. The van der Waals surface area contributed by atoms with Crippen LogP contribution in [0.4, 0.5) is 5.95 Å². The van der Waals surface area contributed by atoms with Gasteiger partial charge in [0.25, 0.3) is 5.91 Å². The number of carbonyl (C=O) groups is 1. The number of nitrogens with one attached hydrogen (secondary N) is 1. The van der Waals surface area contributed by atoms with Crippen LogP contribution >= 0.6 is 0 Å². The molecule has 2 aliphatic heterocycles. The molecule has 1 spiro atoms. The minimum absolute atomic E-state index is 0.0968. The van der Waals surface area contributed by atoms with Crippen LogP contribution in [0.3, 0.4) is 0 Å². The molecule has 0 saturated carbocycles. The van der Waals surface area contributed by atoms with Crippen LogP contribution in [0.1, 0.15) is 29.8 Å². The average molecular weight is 355 g/mol. The van der Waals surface area contributed by atoms with Gasteiger partial charge in [0.2, 0.25) is 5.95 Å². The second kappa shape index (κ2) is 7.07. The lowest BCUT2D eigenvalue weighted by atomic mass is 9.76. The Bertz CT molecular complexity index is 726. The molecule has 7 nitrogen and oxygen atoms in total. The van der Waals surface area contributed by atoms with Gasteiger partial charge >= 0.3 is 0 Å². The lowest BCUT2D eigenvalue weighted by molar-refractivity contribution is 0.0593. The fourth-order valence-electron chi connectivity index (χ4n) is 4.36. The van der Waals surface area contributed by atoms with E-state index < -0.39 is 0 Å². The molecule has 26 heavy (non-hydrogen) atoms. The molecule has 0 aliphatic carbocycles. The van der Waals surface area contributed by atoms with Gasteiger partial charge in [0, 0.05) is 45.3 Å². The third kappa shape index (κ3) is 3.19. The lowest BCUT2D eigenvalue weighted by Crippen LogP contribution is -2.44. The SMILES string of the molecule is COC[C@@H]1CC2(CCN(C(=O)c3ccc[nH]3)CC2)CN1c1ncccn1. The molecule has 4 heterocycles. The zero-order valence-corrected chi connectivity index (χ0v) is 15.1. The van der Waals surface area contributed by atoms with Crippen molar-refractivity contribution in [2.24, 2.45) is 5.41 Å². The van der Waals surface area contributed by atoms with E-state index in [1.807, 2.05) is 23.1 Å². The quantitative estimate of drug-likeness (QED) is 0.907. The molecule has 2 saturated heterocycles. The van der Waals surface area contributed by atoms with Gasteiger partial charge in [-0.15, -0.1) is 0 Å². The summed E-state index contributed by atoms with van der Waals surface area (Å²) in [6.45, 7) is 3.18. The van der Waals surface area contributed by atoms with Gasteiger partial charge in [0.1, 0.15) is 5.69 Å². The van der Waals surface area contributed by atoms with E-state index in [1.54, 1.807) is 25.7 Å². The third-order valence-electron chi connectivity index (χ3n) is 5.72. The van der Waals surface area contributed by atoms with Crippen molar-refractivity contribution in [1.29, 1.82) is 0 Å². The first-order chi connectivity index (χ1) is 12.7. The summed E-state index contributed by atoms with van der Waals surface area (Å²) in [5.74, 6) is 0.871. The summed E-state index contributed by atoms with van der Waals surface area (Å²) in [6.07, 6.45) is 8.43. The highest BCUT2D eigenvalue weighted by molar-refractivity contribution is 5.92. The maximum Gasteiger partial charge on any atom is 0.270 e. The number of aromatic amines is 1. The Morgan fingerprint density at radius 2 is 2.08 bits per heavy atom. The van der Waals surface area contributed by atoms with E-state index in [1.165, 1.54) is 0 Å². The topological polar surface area (TPSA) is 74.3 Å². The molecule has 0 bridgehead atoms. The van der Waals surface area contributed by atoms with Crippen molar-refractivity contribution < 1.29 is 9.53 Å². The second-order valence-corrected chi connectivity index (χ2v) is 7.37. The molecule has 2 aromatic rings. The summed E-state index contributed by atoms with van der Waals surface area (Å²) in [7, 11) is 1.74. The summed E-state index contributed by atoms with van der Waals surface area (Å²) in [5.41, 5.74) is 0.874. The number of hydrogen-bond acceptors (Lipinski definition) is 5. The fourth-order valence-corrected chi connectivity index (χ4v) is 4.36. The smallest absolute Gasteiger partial charge is 0.270 e. The van der Waals surface area contributed by atoms with Crippen molar-refractivity contribution in [1.82, 2.24) is 19.9 Å². The summed E-state index contributed by atoms with van der Waals surface area (Å²) in [5, 5.41) is 0. The van der Waals surface area contributed by atoms with Gasteiger partial charge in [-0.05, 0) is 42.9 Å². The van der Waals surface area contributed by atoms with Gasteiger partial charge in [0.05, 0.1) is 12.6 Å². The summed E-state index contributed by atoms with van der Waals surface area (Å²) >= 11 is 0. The first-order valence-corrected chi connectivity index (χ1v) is 9.16. The minimum atomic E-state index is 0.0968. The van der Waals surface area contributed by atoms with E-state index in [-0.39, 0.29) is 17.4 Å². The Morgan fingerprint density at radius 3 is 2.73 bits per heavy atom. The van der Waals surface area contributed by atoms with E-state index in [4.69, 9.17) is 4.74 Å². The Balaban J connectivity index is 1.46. The first kappa shape index (κ1) is 17.0. The number of amides is 1. The molecule has 4 rings (SSSR count). The molecule has 1 N–H and O–H groups in total. The van der Waals surface area contributed by atoms with Crippen LogP contribution in [-0.2, 0) is 4.74 Å². The third-order valence-corrected chi connectivity index (χ3v) is 5.72. The van der Waals surface area contributed by atoms with Crippen molar-refractivity contribution in [2.75, 3.05) is 38.3 Å². The highest BCUT2D eigenvalue weighted by atomic mass is 16.5. The fraction of sp³-hybridized carbons (Fsp3) is 0.526. The van der Waals surface area contributed by atoms with Crippen molar-refractivity contribution in [2.45, 2.75) is 25.3 Å². The van der Waals surface area contributed by atoms with E-state index in [0.717, 1.165) is 44.8 Å². The lowest BCUT2D eigenvalue weighted by Gasteiger charge is -2.39. The molecule has 0 radical (unpaired) electrons. The van der Waals surface area contributed by atoms with Gasteiger partial charge in [-0.25, -0.2) is 9.97 Å². The molecule has 1 atom stereocenters. The number of H-pyrrole nitrogens is 1. The number of methoxy groups -OCH3 is 1. The number of anilines is 1. The number of piperidine rings is 1. The van der Waals surface area contributed by atoms with Crippen LogP contribution in [-0.4, -0.2) is 65.2 Å². The number of ether oxygens (including phenoxy) is 1. The number of nitrogens with zero attached hydrogens (tertiary/aromatic N) is 4. The molecule has 138 valence electrons. The van der Waals surface area contributed by atoms with Crippen molar-refractivity contribution in [3.63, 3.8) is 0 Å². The molecule has 2 aliphatic rings. The molecular weight excluding hydrogens is 330 g/mol.